The van der Waals surface area contributed by atoms with E-state index in [9.17, 15) is 4.79 Å². The maximum absolute atomic E-state index is 12.6. The molecular weight excluding hydrogens is 382 g/mol. The molecule has 1 saturated heterocycles. The second kappa shape index (κ2) is 9.65. The molecule has 29 heavy (non-hydrogen) atoms. The van der Waals surface area contributed by atoms with Crippen molar-refractivity contribution in [3.05, 3.63) is 30.3 Å². The molecule has 2 fully saturated rings. The normalized spacial score (nSPS) is 22.4. The van der Waals surface area contributed by atoms with E-state index in [4.69, 9.17) is 0 Å². The van der Waals surface area contributed by atoms with Gasteiger partial charge < -0.3 is 10.2 Å². The third-order valence-electron chi connectivity index (χ3n) is 6.06. The molecule has 0 radical (unpaired) electrons. The largest absolute Gasteiger partial charge is 0.352 e. The summed E-state index contributed by atoms with van der Waals surface area (Å²) >= 11 is 1.48. The summed E-state index contributed by atoms with van der Waals surface area (Å²) in [5, 5.41) is 13.0. The molecule has 1 aliphatic heterocycles. The summed E-state index contributed by atoms with van der Waals surface area (Å²) in [5.74, 6) is 1.92. The highest BCUT2D eigenvalue weighted by Crippen LogP contribution is 2.28. The van der Waals surface area contributed by atoms with E-state index < -0.39 is 0 Å². The number of amides is 1. The zero-order chi connectivity index (χ0) is 20.1. The van der Waals surface area contributed by atoms with Crippen molar-refractivity contribution < 1.29 is 4.79 Å². The average molecular weight is 414 g/mol. The smallest absolute Gasteiger partial charge is 0.232 e. The molecule has 1 aliphatic carbocycles. The number of carbonyl (C=O) groups is 1. The Labute approximate surface area is 177 Å². The number of aromatic nitrogens is 3. The first-order chi connectivity index (χ1) is 14.2. The Morgan fingerprint density at radius 1 is 1.07 bits per heavy atom. The van der Waals surface area contributed by atoms with E-state index >= 15 is 0 Å². The van der Waals surface area contributed by atoms with Crippen LogP contribution in [0.4, 0.5) is 5.95 Å². The number of benzene rings is 1. The molecule has 1 N–H and O–H groups in total. The first kappa shape index (κ1) is 20.3. The molecule has 0 unspecified atom stereocenters. The van der Waals surface area contributed by atoms with Crippen LogP contribution in [0, 0.1) is 5.92 Å². The summed E-state index contributed by atoms with van der Waals surface area (Å²) in [6.45, 7) is 4.26. The number of para-hydroxylation sites is 1. The minimum absolute atomic E-state index is 0.0934. The van der Waals surface area contributed by atoms with Gasteiger partial charge in [0.1, 0.15) is 0 Å². The molecule has 7 heteroatoms. The average Bonchev–Trinajstić information content (AvgIpc) is 3.19. The van der Waals surface area contributed by atoms with Crippen LogP contribution in [-0.2, 0) is 4.79 Å². The van der Waals surface area contributed by atoms with Crippen LogP contribution < -0.4 is 10.2 Å². The number of carbonyl (C=O) groups excluding carboxylic acids is 1. The van der Waals surface area contributed by atoms with Crippen molar-refractivity contribution in [1.82, 2.24) is 20.1 Å². The fraction of sp³-hybridized carbons (Fsp3) is 0.591. The van der Waals surface area contributed by atoms with Crippen molar-refractivity contribution in [3.63, 3.8) is 0 Å². The van der Waals surface area contributed by atoms with Gasteiger partial charge in [-0.2, -0.15) is 0 Å². The number of nitrogens with zero attached hydrogens (tertiary/aromatic N) is 4. The van der Waals surface area contributed by atoms with Gasteiger partial charge in [0.05, 0.1) is 11.4 Å². The molecule has 2 heterocycles. The van der Waals surface area contributed by atoms with Crippen LogP contribution in [0.15, 0.2) is 35.5 Å². The first-order valence-corrected chi connectivity index (χ1v) is 11.9. The van der Waals surface area contributed by atoms with Crippen molar-refractivity contribution in [2.24, 2.45) is 5.92 Å². The van der Waals surface area contributed by atoms with Crippen molar-refractivity contribution in [2.45, 2.75) is 63.1 Å². The summed E-state index contributed by atoms with van der Waals surface area (Å²) in [7, 11) is 0. The van der Waals surface area contributed by atoms with Gasteiger partial charge in [0.2, 0.25) is 11.9 Å². The number of hydrogen-bond acceptors (Lipinski definition) is 5. The van der Waals surface area contributed by atoms with Crippen LogP contribution in [0.1, 0.15) is 51.9 Å². The predicted molar refractivity (Wildman–Crippen MR) is 118 cm³/mol. The van der Waals surface area contributed by atoms with Gasteiger partial charge in [-0.1, -0.05) is 49.7 Å². The van der Waals surface area contributed by atoms with Gasteiger partial charge in [-0.25, -0.2) is 0 Å². The molecular formula is C22H31N5OS. The van der Waals surface area contributed by atoms with E-state index in [0.717, 1.165) is 36.3 Å². The topological polar surface area (TPSA) is 63.1 Å². The fourth-order valence-corrected chi connectivity index (χ4v) is 5.12. The lowest BCUT2D eigenvalue weighted by Gasteiger charge is -2.29. The van der Waals surface area contributed by atoms with Crippen LogP contribution in [0.3, 0.4) is 0 Å². The molecule has 1 saturated carbocycles. The van der Waals surface area contributed by atoms with Crippen molar-refractivity contribution >= 4 is 23.6 Å². The van der Waals surface area contributed by atoms with E-state index in [1.54, 1.807) is 0 Å². The Kier molecular flexibility index (Phi) is 6.74. The molecule has 2 atom stereocenters. The zero-order valence-corrected chi connectivity index (χ0v) is 18.0. The molecule has 1 aromatic carbocycles. The van der Waals surface area contributed by atoms with Crippen LogP contribution in [0.5, 0.6) is 0 Å². The first-order valence-electron chi connectivity index (χ1n) is 10.9. The lowest BCUT2D eigenvalue weighted by molar-refractivity contribution is -0.119. The molecule has 156 valence electrons. The maximum Gasteiger partial charge on any atom is 0.232 e. The summed E-state index contributed by atoms with van der Waals surface area (Å²) in [6.07, 6.45) is 8.44. The standard InChI is InChI=1S/C22H31N5OS/c1-17-10-6-7-13-19(17)23-20(28)16-29-22-25-24-21(26-14-8-3-9-15-26)27(22)18-11-4-2-5-12-18/h2,4-5,11-12,17,19H,3,6-10,13-16H2,1H3,(H,23,28)/t17-,19+/m0/s1. The van der Waals surface area contributed by atoms with E-state index in [1.165, 1.54) is 50.3 Å². The van der Waals surface area contributed by atoms with Gasteiger partial charge in [0, 0.05) is 19.1 Å². The number of nitrogens with one attached hydrogen (secondary N) is 1. The second-order valence-electron chi connectivity index (χ2n) is 8.23. The highest BCUT2D eigenvalue weighted by Gasteiger charge is 2.24. The lowest BCUT2D eigenvalue weighted by atomic mass is 9.86. The van der Waals surface area contributed by atoms with E-state index in [-0.39, 0.29) is 5.91 Å². The van der Waals surface area contributed by atoms with E-state index in [2.05, 4.69) is 44.0 Å². The van der Waals surface area contributed by atoms with Crippen LogP contribution >= 0.6 is 11.8 Å². The highest BCUT2D eigenvalue weighted by atomic mass is 32.2. The molecule has 6 nitrogen and oxygen atoms in total. The number of thioether (sulfide) groups is 1. The number of rotatable bonds is 6. The molecule has 2 aromatic rings. The van der Waals surface area contributed by atoms with Crippen molar-refractivity contribution in [2.75, 3.05) is 23.7 Å². The SMILES string of the molecule is C[C@H]1CCCC[C@H]1NC(=O)CSc1nnc(N2CCCCC2)n1-c1ccccc1. The third-order valence-corrected chi connectivity index (χ3v) is 6.99. The third kappa shape index (κ3) is 4.94. The number of piperidine rings is 1. The van der Waals surface area contributed by atoms with Gasteiger partial charge >= 0.3 is 0 Å². The van der Waals surface area contributed by atoms with Crippen LogP contribution in [0.25, 0.3) is 5.69 Å². The Morgan fingerprint density at radius 2 is 1.83 bits per heavy atom. The summed E-state index contributed by atoms with van der Waals surface area (Å²) in [5.41, 5.74) is 1.04. The summed E-state index contributed by atoms with van der Waals surface area (Å²) < 4.78 is 2.10. The van der Waals surface area contributed by atoms with Gasteiger partial charge in [-0.05, 0) is 50.2 Å². The number of anilines is 1. The molecule has 4 rings (SSSR count). The summed E-state index contributed by atoms with van der Waals surface area (Å²) in [6, 6.07) is 10.5. The minimum Gasteiger partial charge on any atom is -0.352 e. The van der Waals surface area contributed by atoms with Crippen molar-refractivity contribution in [3.8, 4) is 5.69 Å². The molecule has 0 spiro atoms. The Hall–Kier alpha value is -2.02. The zero-order valence-electron chi connectivity index (χ0n) is 17.2. The highest BCUT2D eigenvalue weighted by molar-refractivity contribution is 7.99. The van der Waals surface area contributed by atoms with E-state index in [1.807, 2.05) is 18.2 Å². The maximum atomic E-state index is 12.6. The Balaban J connectivity index is 1.48. The second-order valence-corrected chi connectivity index (χ2v) is 9.17. The van der Waals surface area contributed by atoms with Gasteiger partial charge in [-0.3, -0.25) is 9.36 Å². The van der Waals surface area contributed by atoms with Gasteiger partial charge in [0.25, 0.3) is 0 Å². The van der Waals surface area contributed by atoms with Crippen LogP contribution in [0.2, 0.25) is 0 Å². The molecule has 2 aliphatic rings. The van der Waals surface area contributed by atoms with Crippen molar-refractivity contribution in [1.29, 1.82) is 0 Å². The molecule has 1 aromatic heterocycles. The quantitative estimate of drug-likeness (QED) is 0.724. The molecule has 1 amide bonds. The van der Waals surface area contributed by atoms with E-state index in [0.29, 0.717) is 17.7 Å². The predicted octanol–water partition coefficient (Wildman–Crippen LogP) is 4.04. The fourth-order valence-electron chi connectivity index (χ4n) is 4.37. The molecule has 0 bridgehead atoms. The van der Waals surface area contributed by atoms with Gasteiger partial charge in [0.15, 0.2) is 5.16 Å². The lowest BCUT2D eigenvalue weighted by Crippen LogP contribution is -2.41. The van der Waals surface area contributed by atoms with Gasteiger partial charge in [-0.15, -0.1) is 10.2 Å². The van der Waals surface area contributed by atoms with Crippen LogP contribution in [-0.4, -0.2) is 45.6 Å². The minimum atomic E-state index is 0.0934. The summed E-state index contributed by atoms with van der Waals surface area (Å²) in [4.78, 5) is 14.9. The Morgan fingerprint density at radius 3 is 2.59 bits per heavy atom. The number of hydrogen-bond donors (Lipinski definition) is 1. The Bertz CT molecular complexity index is 803. The monoisotopic (exact) mass is 413 g/mol.